The standard InChI is InChI=1S/C15H18N2O4/c1-21-15(20)12-8-7-11(14(19)17-12)16-13(18)9-10-5-3-2-4-6-10/h2-6,11-12H,7-9H2,1H3,(H,16,18)(H,17,19). The van der Waals surface area contributed by atoms with Crippen LogP contribution in [0.5, 0.6) is 0 Å². The molecule has 2 rings (SSSR count). The van der Waals surface area contributed by atoms with E-state index in [-0.39, 0.29) is 18.2 Å². The maximum atomic E-state index is 11.9. The lowest BCUT2D eigenvalue weighted by Gasteiger charge is -2.28. The van der Waals surface area contributed by atoms with Crippen LogP contribution in [-0.4, -0.2) is 37.0 Å². The molecule has 1 fully saturated rings. The minimum Gasteiger partial charge on any atom is -0.467 e. The molecule has 2 unspecified atom stereocenters. The topological polar surface area (TPSA) is 84.5 Å². The van der Waals surface area contributed by atoms with Crippen LogP contribution in [0.3, 0.4) is 0 Å². The quantitative estimate of drug-likeness (QED) is 0.774. The molecule has 2 atom stereocenters. The van der Waals surface area contributed by atoms with Crippen LogP contribution >= 0.6 is 0 Å². The van der Waals surface area contributed by atoms with Gasteiger partial charge in [-0.05, 0) is 18.4 Å². The van der Waals surface area contributed by atoms with Crippen molar-refractivity contribution in [1.29, 1.82) is 0 Å². The Labute approximate surface area is 122 Å². The van der Waals surface area contributed by atoms with Crippen molar-refractivity contribution in [2.75, 3.05) is 7.11 Å². The molecule has 1 aliphatic heterocycles. The molecular formula is C15H18N2O4. The monoisotopic (exact) mass is 290 g/mol. The lowest BCUT2D eigenvalue weighted by molar-refractivity contribution is -0.147. The molecule has 112 valence electrons. The summed E-state index contributed by atoms with van der Waals surface area (Å²) in [4.78, 5) is 35.2. The number of esters is 1. The molecule has 2 N–H and O–H groups in total. The number of benzene rings is 1. The number of hydrogen-bond donors (Lipinski definition) is 2. The fraction of sp³-hybridized carbons (Fsp3) is 0.400. The second kappa shape index (κ2) is 6.88. The maximum Gasteiger partial charge on any atom is 0.328 e. The summed E-state index contributed by atoms with van der Waals surface area (Å²) in [7, 11) is 1.28. The van der Waals surface area contributed by atoms with Gasteiger partial charge in [0.05, 0.1) is 13.5 Å². The maximum absolute atomic E-state index is 11.9. The van der Waals surface area contributed by atoms with Crippen molar-refractivity contribution < 1.29 is 19.1 Å². The summed E-state index contributed by atoms with van der Waals surface area (Å²) in [5.74, 6) is -1.02. The highest BCUT2D eigenvalue weighted by atomic mass is 16.5. The van der Waals surface area contributed by atoms with Gasteiger partial charge in [-0.15, -0.1) is 0 Å². The van der Waals surface area contributed by atoms with Gasteiger partial charge in [-0.2, -0.15) is 0 Å². The molecule has 1 heterocycles. The Hall–Kier alpha value is -2.37. The molecule has 1 aromatic rings. The number of carbonyl (C=O) groups excluding carboxylic acids is 3. The van der Waals surface area contributed by atoms with Gasteiger partial charge in [-0.3, -0.25) is 9.59 Å². The zero-order valence-electron chi connectivity index (χ0n) is 11.8. The van der Waals surface area contributed by atoms with Crippen molar-refractivity contribution in [3.8, 4) is 0 Å². The van der Waals surface area contributed by atoms with Gasteiger partial charge in [-0.25, -0.2) is 4.79 Å². The van der Waals surface area contributed by atoms with E-state index in [0.717, 1.165) is 5.56 Å². The largest absolute Gasteiger partial charge is 0.467 e. The third-order valence-electron chi connectivity index (χ3n) is 3.41. The van der Waals surface area contributed by atoms with E-state index in [9.17, 15) is 14.4 Å². The first-order valence-electron chi connectivity index (χ1n) is 6.81. The first-order chi connectivity index (χ1) is 10.1. The molecule has 6 heteroatoms. The molecule has 0 aliphatic carbocycles. The van der Waals surface area contributed by atoms with Gasteiger partial charge in [0.2, 0.25) is 11.8 Å². The van der Waals surface area contributed by atoms with Crippen LogP contribution in [-0.2, 0) is 25.5 Å². The van der Waals surface area contributed by atoms with Gasteiger partial charge in [0, 0.05) is 0 Å². The highest BCUT2D eigenvalue weighted by Gasteiger charge is 2.32. The first-order valence-corrected chi connectivity index (χ1v) is 6.81. The number of methoxy groups -OCH3 is 1. The molecule has 0 saturated carbocycles. The van der Waals surface area contributed by atoms with Crippen molar-refractivity contribution in [3.63, 3.8) is 0 Å². The van der Waals surface area contributed by atoms with E-state index in [0.29, 0.717) is 12.8 Å². The van der Waals surface area contributed by atoms with Crippen molar-refractivity contribution in [3.05, 3.63) is 35.9 Å². The average molecular weight is 290 g/mol. The molecule has 1 aliphatic rings. The van der Waals surface area contributed by atoms with E-state index in [1.807, 2.05) is 30.3 Å². The van der Waals surface area contributed by atoms with Gasteiger partial charge in [0.1, 0.15) is 12.1 Å². The Balaban J connectivity index is 1.85. The summed E-state index contributed by atoms with van der Waals surface area (Å²) in [5, 5.41) is 5.25. The molecule has 1 aromatic carbocycles. The van der Waals surface area contributed by atoms with E-state index in [4.69, 9.17) is 0 Å². The Morgan fingerprint density at radius 1 is 1.29 bits per heavy atom. The minimum atomic E-state index is -0.621. The zero-order valence-corrected chi connectivity index (χ0v) is 11.8. The Bertz CT molecular complexity index is 530. The fourth-order valence-electron chi connectivity index (χ4n) is 2.29. The Morgan fingerprint density at radius 2 is 2.00 bits per heavy atom. The molecular weight excluding hydrogens is 272 g/mol. The minimum absolute atomic E-state index is 0.210. The van der Waals surface area contributed by atoms with Gasteiger partial charge in [-0.1, -0.05) is 30.3 Å². The Kier molecular flexibility index (Phi) is 4.92. The van der Waals surface area contributed by atoms with Crippen LogP contribution in [0.2, 0.25) is 0 Å². The SMILES string of the molecule is COC(=O)C1CCC(NC(=O)Cc2ccccc2)C(=O)N1. The summed E-state index contributed by atoms with van der Waals surface area (Å²) < 4.78 is 4.59. The van der Waals surface area contributed by atoms with Crippen LogP contribution in [0.15, 0.2) is 30.3 Å². The number of piperidine rings is 1. The predicted molar refractivity (Wildman–Crippen MR) is 75.3 cm³/mol. The van der Waals surface area contributed by atoms with E-state index in [1.54, 1.807) is 0 Å². The lowest BCUT2D eigenvalue weighted by Crippen LogP contribution is -2.56. The zero-order chi connectivity index (χ0) is 15.2. The smallest absolute Gasteiger partial charge is 0.328 e. The second-order valence-electron chi connectivity index (χ2n) is 4.94. The van der Waals surface area contributed by atoms with Gasteiger partial charge >= 0.3 is 5.97 Å². The van der Waals surface area contributed by atoms with Crippen molar-refractivity contribution in [1.82, 2.24) is 10.6 Å². The summed E-state index contributed by atoms with van der Waals surface area (Å²) in [6.07, 6.45) is 1.10. The molecule has 1 saturated heterocycles. The van der Waals surface area contributed by atoms with Gasteiger partial charge in [0.15, 0.2) is 0 Å². The number of carbonyl (C=O) groups is 3. The summed E-state index contributed by atoms with van der Waals surface area (Å²) >= 11 is 0. The summed E-state index contributed by atoms with van der Waals surface area (Å²) in [5.41, 5.74) is 0.888. The fourth-order valence-corrected chi connectivity index (χ4v) is 2.29. The molecule has 0 spiro atoms. The highest BCUT2D eigenvalue weighted by molar-refractivity contribution is 5.92. The van der Waals surface area contributed by atoms with Crippen molar-refractivity contribution >= 4 is 17.8 Å². The van der Waals surface area contributed by atoms with Crippen LogP contribution in [0, 0.1) is 0 Å². The lowest BCUT2D eigenvalue weighted by atomic mass is 9.99. The van der Waals surface area contributed by atoms with Crippen LogP contribution in [0.1, 0.15) is 18.4 Å². The van der Waals surface area contributed by atoms with Crippen LogP contribution < -0.4 is 10.6 Å². The molecule has 0 bridgehead atoms. The normalized spacial score (nSPS) is 21.3. The predicted octanol–water partition coefficient (Wildman–Crippen LogP) is 0.165. The Morgan fingerprint density at radius 3 is 2.62 bits per heavy atom. The highest BCUT2D eigenvalue weighted by Crippen LogP contribution is 2.11. The molecule has 0 radical (unpaired) electrons. The van der Waals surface area contributed by atoms with Crippen LogP contribution in [0.25, 0.3) is 0 Å². The molecule has 6 nitrogen and oxygen atoms in total. The van der Waals surface area contributed by atoms with Gasteiger partial charge < -0.3 is 15.4 Å². The molecule has 2 amide bonds. The number of rotatable bonds is 4. The summed E-state index contributed by atoms with van der Waals surface area (Å²) in [6.45, 7) is 0. The van der Waals surface area contributed by atoms with E-state index in [2.05, 4.69) is 15.4 Å². The third kappa shape index (κ3) is 4.05. The van der Waals surface area contributed by atoms with E-state index in [1.165, 1.54) is 7.11 Å². The number of nitrogens with one attached hydrogen (secondary N) is 2. The van der Waals surface area contributed by atoms with Crippen molar-refractivity contribution in [2.24, 2.45) is 0 Å². The number of amides is 2. The van der Waals surface area contributed by atoms with Crippen molar-refractivity contribution in [2.45, 2.75) is 31.3 Å². The first kappa shape index (κ1) is 15.0. The molecule has 0 aromatic heterocycles. The van der Waals surface area contributed by atoms with Gasteiger partial charge in [0.25, 0.3) is 0 Å². The average Bonchev–Trinajstić information content (AvgIpc) is 2.49. The second-order valence-corrected chi connectivity index (χ2v) is 4.94. The molecule has 21 heavy (non-hydrogen) atoms. The number of ether oxygens (including phenoxy) is 1. The number of hydrogen-bond acceptors (Lipinski definition) is 4. The van der Waals surface area contributed by atoms with Crippen LogP contribution in [0.4, 0.5) is 0 Å². The van der Waals surface area contributed by atoms with E-state index >= 15 is 0 Å². The summed E-state index contributed by atoms with van der Waals surface area (Å²) in [6, 6.07) is 8.09. The third-order valence-corrected chi connectivity index (χ3v) is 3.41. The van der Waals surface area contributed by atoms with E-state index < -0.39 is 18.1 Å².